The van der Waals surface area contributed by atoms with Crippen LogP contribution in [-0.2, 0) is 0 Å². The molecule has 0 unspecified atom stereocenters. The van der Waals surface area contributed by atoms with Crippen LogP contribution >= 0.6 is 11.3 Å². The van der Waals surface area contributed by atoms with Gasteiger partial charge in [-0.25, -0.2) is 13.8 Å². The molecule has 106 valence electrons. The first-order valence-electron chi connectivity index (χ1n) is 5.93. The van der Waals surface area contributed by atoms with E-state index in [9.17, 15) is 8.78 Å². The minimum Gasteiger partial charge on any atom is -0.493 e. The second-order valence-corrected chi connectivity index (χ2v) is 4.73. The molecule has 0 aliphatic carbocycles. The number of rotatable bonds is 5. The molecule has 0 spiro atoms. The molecule has 7 heteroatoms. The molecule has 0 atom stereocenters. The molecule has 2 aromatic rings. The molecule has 0 amide bonds. The van der Waals surface area contributed by atoms with Gasteiger partial charge in [0.1, 0.15) is 5.75 Å². The number of hydrogen-bond acceptors (Lipinski definition) is 5. The molecule has 1 aromatic heterocycles. The molecule has 1 N–H and O–H groups in total. The van der Waals surface area contributed by atoms with Crippen molar-refractivity contribution < 1.29 is 13.5 Å². The number of ether oxygens (including phenoxy) is 1. The van der Waals surface area contributed by atoms with E-state index in [0.717, 1.165) is 11.8 Å². The maximum atomic E-state index is 13.7. The number of hydrazone groups is 1. The Bertz CT molecular complexity index is 628. The van der Waals surface area contributed by atoms with Crippen molar-refractivity contribution >= 4 is 22.7 Å². The lowest BCUT2D eigenvalue weighted by atomic mass is 10.2. The normalized spacial score (nSPS) is 11.0. The van der Waals surface area contributed by atoms with E-state index in [0.29, 0.717) is 11.7 Å². The van der Waals surface area contributed by atoms with Crippen LogP contribution in [0, 0.1) is 18.6 Å². The quantitative estimate of drug-likeness (QED) is 0.678. The highest BCUT2D eigenvalue weighted by atomic mass is 32.1. The van der Waals surface area contributed by atoms with Gasteiger partial charge in [-0.3, -0.25) is 5.43 Å². The Morgan fingerprint density at radius 1 is 1.45 bits per heavy atom. The zero-order chi connectivity index (χ0) is 14.5. The summed E-state index contributed by atoms with van der Waals surface area (Å²) in [7, 11) is 0. The summed E-state index contributed by atoms with van der Waals surface area (Å²) < 4.78 is 32.2. The Kier molecular flexibility index (Phi) is 4.62. The van der Waals surface area contributed by atoms with E-state index in [1.165, 1.54) is 23.6 Å². The maximum Gasteiger partial charge on any atom is 0.203 e. The molecule has 1 heterocycles. The Hall–Kier alpha value is -2.02. The number of anilines is 1. The van der Waals surface area contributed by atoms with Crippen LogP contribution in [0.4, 0.5) is 13.9 Å². The third-order valence-electron chi connectivity index (χ3n) is 2.37. The fraction of sp³-hybridized carbons (Fsp3) is 0.231. The minimum absolute atomic E-state index is 0.0346. The van der Waals surface area contributed by atoms with Gasteiger partial charge in [-0.05, 0) is 26.0 Å². The molecular weight excluding hydrogens is 284 g/mol. The summed E-state index contributed by atoms with van der Waals surface area (Å²) in [6, 6.07) is 2.39. The first-order valence-corrected chi connectivity index (χ1v) is 6.81. The zero-order valence-electron chi connectivity index (χ0n) is 11.0. The lowest BCUT2D eigenvalue weighted by molar-refractivity contribution is 0.335. The van der Waals surface area contributed by atoms with Gasteiger partial charge < -0.3 is 4.74 Å². The van der Waals surface area contributed by atoms with E-state index in [4.69, 9.17) is 4.74 Å². The highest BCUT2D eigenvalue weighted by Gasteiger charge is 2.12. The van der Waals surface area contributed by atoms with Crippen LogP contribution < -0.4 is 10.2 Å². The van der Waals surface area contributed by atoms with Crippen molar-refractivity contribution in [3.8, 4) is 5.75 Å². The third-order valence-corrected chi connectivity index (χ3v) is 3.23. The number of hydrogen-bond donors (Lipinski definition) is 1. The highest BCUT2D eigenvalue weighted by molar-refractivity contribution is 7.13. The van der Waals surface area contributed by atoms with E-state index in [1.54, 1.807) is 6.92 Å². The highest BCUT2D eigenvalue weighted by Crippen LogP contribution is 2.22. The summed E-state index contributed by atoms with van der Waals surface area (Å²) in [6.07, 6.45) is 1.18. The Morgan fingerprint density at radius 3 is 2.90 bits per heavy atom. The first-order chi connectivity index (χ1) is 9.61. The monoisotopic (exact) mass is 297 g/mol. The molecule has 0 bridgehead atoms. The average Bonchev–Trinajstić information content (AvgIpc) is 2.83. The number of aromatic nitrogens is 1. The van der Waals surface area contributed by atoms with E-state index in [-0.39, 0.29) is 11.3 Å². The van der Waals surface area contributed by atoms with Crippen molar-refractivity contribution in [2.75, 3.05) is 12.0 Å². The molecule has 20 heavy (non-hydrogen) atoms. The van der Waals surface area contributed by atoms with E-state index in [1.807, 2.05) is 12.3 Å². The molecular formula is C13H13F2N3OS. The van der Waals surface area contributed by atoms with Crippen LogP contribution in [0.15, 0.2) is 22.6 Å². The summed E-state index contributed by atoms with van der Waals surface area (Å²) in [6.45, 7) is 3.97. The molecule has 0 aliphatic rings. The predicted octanol–water partition coefficient (Wildman–Crippen LogP) is 3.57. The largest absolute Gasteiger partial charge is 0.493 e. The van der Waals surface area contributed by atoms with Crippen LogP contribution in [-0.4, -0.2) is 17.8 Å². The van der Waals surface area contributed by atoms with E-state index < -0.39 is 11.6 Å². The first kappa shape index (κ1) is 14.4. The van der Waals surface area contributed by atoms with Gasteiger partial charge in [0.05, 0.1) is 24.1 Å². The standard InChI is InChI=1S/C13H13F2N3OS/c1-3-19-11-5-4-10(14)12(15)9(11)6-16-18-13-17-8(2)7-20-13/h4-7H,3H2,1-2H3,(H,17,18). The Morgan fingerprint density at radius 2 is 2.25 bits per heavy atom. The second kappa shape index (κ2) is 6.42. The molecule has 0 saturated heterocycles. The van der Waals surface area contributed by atoms with Crippen molar-refractivity contribution in [3.63, 3.8) is 0 Å². The van der Waals surface area contributed by atoms with Crippen LogP contribution in [0.1, 0.15) is 18.2 Å². The number of nitrogens with one attached hydrogen (secondary N) is 1. The van der Waals surface area contributed by atoms with Gasteiger partial charge in [0, 0.05) is 5.38 Å². The van der Waals surface area contributed by atoms with Gasteiger partial charge in [0.2, 0.25) is 5.13 Å². The van der Waals surface area contributed by atoms with E-state index in [2.05, 4.69) is 15.5 Å². The number of nitrogens with zero attached hydrogens (tertiary/aromatic N) is 2. The minimum atomic E-state index is -0.989. The third kappa shape index (κ3) is 3.30. The number of halogens is 2. The van der Waals surface area contributed by atoms with Gasteiger partial charge in [0.25, 0.3) is 0 Å². The summed E-state index contributed by atoms with van der Waals surface area (Å²) >= 11 is 1.37. The van der Waals surface area contributed by atoms with Gasteiger partial charge >= 0.3 is 0 Å². The number of benzene rings is 1. The average molecular weight is 297 g/mol. The number of thiazole rings is 1. The van der Waals surface area contributed by atoms with Crippen molar-refractivity contribution in [1.82, 2.24) is 4.98 Å². The van der Waals surface area contributed by atoms with Crippen molar-refractivity contribution in [1.29, 1.82) is 0 Å². The van der Waals surface area contributed by atoms with Gasteiger partial charge in [-0.2, -0.15) is 5.10 Å². The van der Waals surface area contributed by atoms with Gasteiger partial charge in [0.15, 0.2) is 11.6 Å². The number of aryl methyl sites for hydroxylation is 1. The molecule has 0 saturated carbocycles. The van der Waals surface area contributed by atoms with Gasteiger partial charge in [-0.1, -0.05) is 0 Å². The van der Waals surface area contributed by atoms with Crippen molar-refractivity contribution in [3.05, 3.63) is 40.4 Å². The molecule has 1 aromatic carbocycles. The smallest absolute Gasteiger partial charge is 0.203 e. The maximum absolute atomic E-state index is 13.7. The fourth-order valence-corrected chi connectivity index (χ4v) is 2.14. The molecule has 2 rings (SSSR count). The van der Waals surface area contributed by atoms with Crippen LogP contribution in [0.25, 0.3) is 0 Å². The topological polar surface area (TPSA) is 46.5 Å². The Balaban J connectivity index is 2.20. The van der Waals surface area contributed by atoms with Gasteiger partial charge in [-0.15, -0.1) is 11.3 Å². The van der Waals surface area contributed by atoms with Crippen LogP contribution in [0.2, 0.25) is 0 Å². The molecule has 0 aliphatic heterocycles. The van der Waals surface area contributed by atoms with Crippen molar-refractivity contribution in [2.45, 2.75) is 13.8 Å². The fourth-order valence-electron chi connectivity index (χ4n) is 1.51. The second-order valence-electron chi connectivity index (χ2n) is 3.87. The lowest BCUT2D eigenvalue weighted by Crippen LogP contribution is -2.02. The van der Waals surface area contributed by atoms with Crippen LogP contribution in [0.5, 0.6) is 5.75 Å². The summed E-state index contributed by atoms with van der Waals surface area (Å²) in [5.74, 6) is -1.69. The molecule has 0 fully saturated rings. The zero-order valence-corrected chi connectivity index (χ0v) is 11.8. The predicted molar refractivity (Wildman–Crippen MR) is 75.6 cm³/mol. The lowest BCUT2D eigenvalue weighted by Gasteiger charge is -2.07. The SMILES string of the molecule is CCOc1ccc(F)c(F)c1C=NNc1nc(C)cs1. The van der Waals surface area contributed by atoms with E-state index >= 15 is 0 Å². The molecule has 0 radical (unpaired) electrons. The molecule has 4 nitrogen and oxygen atoms in total. The summed E-state index contributed by atoms with van der Waals surface area (Å²) in [5, 5.41) is 6.29. The van der Waals surface area contributed by atoms with Crippen LogP contribution in [0.3, 0.4) is 0 Å². The summed E-state index contributed by atoms with van der Waals surface area (Å²) in [5.41, 5.74) is 3.49. The Labute approximate surface area is 119 Å². The van der Waals surface area contributed by atoms with Crippen molar-refractivity contribution in [2.24, 2.45) is 5.10 Å². The summed E-state index contributed by atoms with van der Waals surface area (Å²) in [4.78, 5) is 4.14.